The largest absolute Gasteiger partial charge is 0.377 e. The van der Waals surface area contributed by atoms with Gasteiger partial charge in [0.15, 0.2) is 0 Å². The molecule has 2 atom stereocenters. The quantitative estimate of drug-likeness (QED) is 0.776. The number of benzene rings is 1. The lowest BCUT2D eigenvalue weighted by molar-refractivity contribution is 0.00524. The topological polar surface area (TPSA) is 91.2 Å². The second-order valence-electron chi connectivity index (χ2n) is 7.74. The van der Waals surface area contributed by atoms with Crippen molar-refractivity contribution in [1.29, 1.82) is 5.26 Å². The van der Waals surface area contributed by atoms with E-state index in [2.05, 4.69) is 22.2 Å². The Hall–Kier alpha value is -1.46. The van der Waals surface area contributed by atoms with Crippen LogP contribution in [0.5, 0.6) is 0 Å². The van der Waals surface area contributed by atoms with Crippen molar-refractivity contribution in [2.75, 3.05) is 19.4 Å². The van der Waals surface area contributed by atoms with Crippen LogP contribution in [0.4, 0.5) is 0 Å². The van der Waals surface area contributed by atoms with Gasteiger partial charge in [0.25, 0.3) is 0 Å². The molecule has 3 rings (SSSR count). The number of ether oxygens (including phenoxy) is 1. The Morgan fingerprint density at radius 2 is 2.04 bits per heavy atom. The third-order valence-corrected chi connectivity index (χ3v) is 6.35. The Balaban J connectivity index is 1.48. The summed E-state index contributed by atoms with van der Waals surface area (Å²) < 4.78 is 32.0. The fraction of sp³-hybridized carbons (Fsp3) is 0.650. The third-order valence-electron chi connectivity index (χ3n) is 5.62. The fourth-order valence-electron chi connectivity index (χ4n) is 4.21. The number of hydrogen-bond donors (Lipinski definition) is 2. The molecule has 148 valence electrons. The maximum absolute atomic E-state index is 11.6. The van der Waals surface area contributed by atoms with Crippen molar-refractivity contribution in [3.05, 3.63) is 35.4 Å². The number of nitrogens with zero attached hydrogens (tertiary/aromatic N) is 1. The highest BCUT2D eigenvalue weighted by molar-refractivity contribution is 7.88. The first-order chi connectivity index (χ1) is 12.9. The van der Waals surface area contributed by atoms with Gasteiger partial charge < -0.3 is 10.1 Å². The first-order valence-corrected chi connectivity index (χ1v) is 11.7. The first-order valence-electron chi connectivity index (χ1n) is 9.77. The minimum atomic E-state index is -3.21. The van der Waals surface area contributed by atoms with E-state index in [-0.39, 0.29) is 18.2 Å². The summed E-state index contributed by atoms with van der Waals surface area (Å²) in [6.45, 7) is 1.43. The number of nitriles is 1. The molecule has 1 saturated heterocycles. The molecule has 1 aromatic rings. The zero-order valence-electron chi connectivity index (χ0n) is 15.9. The Morgan fingerprint density at radius 3 is 2.74 bits per heavy atom. The maximum atomic E-state index is 11.6. The molecule has 1 aliphatic carbocycles. The molecule has 0 aromatic heterocycles. The van der Waals surface area contributed by atoms with Crippen molar-refractivity contribution in [3.63, 3.8) is 0 Å². The molecule has 2 N–H and O–H groups in total. The minimum Gasteiger partial charge on any atom is -0.377 e. The van der Waals surface area contributed by atoms with Gasteiger partial charge in [-0.05, 0) is 68.7 Å². The lowest BCUT2D eigenvalue weighted by Crippen LogP contribution is -2.55. The van der Waals surface area contributed by atoms with Gasteiger partial charge in [-0.15, -0.1) is 0 Å². The van der Waals surface area contributed by atoms with Crippen molar-refractivity contribution in [2.45, 2.75) is 62.6 Å². The van der Waals surface area contributed by atoms with Crippen LogP contribution in [0, 0.1) is 11.3 Å². The molecule has 0 bridgehead atoms. The highest BCUT2D eigenvalue weighted by Gasteiger charge is 2.29. The maximum Gasteiger partial charge on any atom is 0.209 e. The van der Waals surface area contributed by atoms with E-state index in [1.807, 2.05) is 18.2 Å². The van der Waals surface area contributed by atoms with Crippen LogP contribution < -0.4 is 10.0 Å². The van der Waals surface area contributed by atoms with Crippen molar-refractivity contribution in [1.82, 2.24) is 10.0 Å². The van der Waals surface area contributed by atoms with Crippen LogP contribution in [0.15, 0.2) is 24.3 Å². The monoisotopic (exact) mass is 391 g/mol. The number of sulfonamides is 1. The Labute approximate surface area is 162 Å². The van der Waals surface area contributed by atoms with Crippen molar-refractivity contribution < 1.29 is 13.2 Å². The lowest BCUT2D eigenvalue weighted by atomic mass is 9.82. The Bertz CT molecular complexity index is 767. The average molecular weight is 392 g/mol. The molecule has 1 aliphatic heterocycles. The summed E-state index contributed by atoms with van der Waals surface area (Å²) >= 11 is 0. The molecule has 1 heterocycles. The zero-order valence-corrected chi connectivity index (χ0v) is 16.7. The van der Waals surface area contributed by atoms with Gasteiger partial charge in [-0.2, -0.15) is 5.26 Å². The molecular weight excluding hydrogens is 362 g/mol. The third kappa shape index (κ3) is 6.01. The van der Waals surface area contributed by atoms with Crippen LogP contribution >= 0.6 is 0 Å². The van der Waals surface area contributed by atoms with Gasteiger partial charge >= 0.3 is 0 Å². The summed E-state index contributed by atoms with van der Waals surface area (Å²) in [5.41, 5.74) is 1.97. The molecule has 1 saturated carbocycles. The van der Waals surface area contributed by atoms with Gasteiger partial charge in [-0.3, -0.25) is 0 Å². The molecule has 2 fully saturated rings. The average Bonchev–Trinajstić information content (AvgIpc) is 2.66. The van der Waals surface area contributed by atoms with E-state index in [9.17, 15) is 8.42 Å². The smallest absolute Gasteiger partial charge is 0.209 e. The van der Waals surface area contributed by atoms with Crippen LogP contribution in [0.25, 0.3) is 0 Å². The standard InChI is InChI=1S/C20H29N3O3S/c1-27(24,25)23-19-6-3-11-22-20(19)14-26-18-9-7-16(8-10-18)17-5-2-4-15(12-17)13-21/h2,4-5,12,16,18-20,22-23H,3,6-11,14H2,1H3/t16-,18+,19-,20-/m0/s1. The zero-order chi connectivity index (χ0) is 19.3. The van der Waals surface area contributed by atoms with Crippen LogP contribution in [0.3, 0.4) is 0 Å². The Morgan fingerprint density at radius 1 is 1.26 bits per heavy atom. The van der Waals surface area contributed by atoms with E-state index in [1.54, 1.807) is 0 Å². The summed E-state index contributed by atoms with van der Waals surface area (Å²) in [6, 6.07) is 10.1. The summed E-state index contributed by atoms with van der Waals surface area (Å²) in [6.07, 6.45) is 7.36. The summed E-state index contributed by atoms with van der Waals surface area (Å²) in [4.78, 5) is 0. The molecule has 27 heavy (non-hydrogen) atoms. The van der Waals surface area contributed by atoms with Crippen molar-refractivity contribution in [3.8, 4) is 6.07 Å². The first kappa shape index (κ1) is 20.3. The predicted octanol–water partition coefficient (Wildman–Crippen LogP) is 2.27. The van der Waals surface area contributed by atoms with Gasteiger partial charge in [-0.25, -0.2) is 13.1 Å². The summed E-state index contributed by atoms with van der Waals surface area (Å²) in [5, 5.41) is 12.5. The van der Waals surface area contributed by atoms with Crippen LogP contribution in [0.1, 0.15) is 55.6 Å². The number of rotatable bonds is 6. The normalized spacial score (nSPS) is 29.2. The number of hydrogen-bond acceptors (Lipinski definition) is 5. The second kappa shape index (κ2) is 9.16. The van der Waals surface area contributed by atoms with E-state index in [4.69, 9.17) is 10.00 Å². The van der Waals surface area contributed by atoms with Crippen LogP contribution in [-0.2, 0) is 14.8 Å². The van der Waals surface area contributed by atoms with E-state index in [1.165, 1.54) is 11.8 Å². The molecule has 7 heteroatoms. The van der Waals surface area contributed by atoms with Gasteiger partial charge in [0.2, 0.25) is 10.0 Å². The SMILES string of the molecule is CS(=O)(=O)N[C@H]1CCCN[C@H]1CO[C@H]1CC[C@@H](c2cccc(C#N)c2)CC1. The van der Waals surface area contributed by atoms with E-state index < -0.39 is 10.0 Å². The number of nitrogens with one attached hydrogen (secondary N) is 2. The molecular formula is C20H29N3O3S. The van der Waals surface area contributed by atoms with E-state index in [0.717, 1.165) is 50.6 Å². The summed E-state index contributed by atoms with van der Waals surface area (Å²) in [7, 11) is -3.21. The van der Waals surface area contributed by atoms with Crippen molar-refractivity contribution in [2.24, 2.45) is 0 Å². The fourth-order valence-corrected chi connectivity index (χ4v) is 5.04. The molecule has 2 aliphatic rings. The van der Waals surface area contributed by atoms with Gasteiger partial charge in [0.05, 0.1) is 30.6 Å². The number of piperidine rings is 1. The molecule has 1 aromatic carbocycles. The Kier molecular flexibility index (Phi) is 6.88. The molecule has 0 spiro atoms. The summed E-state index contributed by atoms with van der Waals surface area (Å²) in [5.74, 6) is 0.491. The van der Waals surface area contributed by atoms with Gasteiger partial charge in [0.1, 0.15) is 0 Å². The highest BCUT2D eigenvalue weighted by atomic mass is 32.2. The van der Waals surface area contributed by atoms with E-state index in [0.29, 0.717) is 12.5 Å². The molecule has 0 unspecified atom stereocenters. The molecule has 6 nitrogen and oxygen atoms in total. The van der Waals surface area contributed by atoms with Gasteiger partial charge in [-0.1, -0.05) is 12.1 Å². The lowest BCUT2D eigenvalue weighted by Gasteiger charge is -2.35. The van der Waals surface area contributed by atoms with Crippen LogP contribution in [0.2, 0.25) is 0 Å². The van der Waals surface area contributed by atoms with E-state index >= 15 is 0 Å². The predicted molar refractivity (Wildman–Crippen MR) is 105 cm³/mol. The van der Waals surface area contributed by atoms with Gasteiger partial charge in [0, 0.05) is 12.1 Å². The minimum absolute atomic E-state index is 0.0264. The highest BCUT2D eigenvalue weighted by Crippen LogP contribution is 2.34. The molecule has 0 radical (unpaired) electrons. The van der Waals surface area contributed by atoms with Crippen LogP contribution in [-0.4, -0.2) is 46.0 Å². The van der Waals surface area contributed by atoms with Crippen molar-refractivity contribution >= 4 is 10.0 Å². The second-order valence-corrected chi connectivity index (χ2v) is 9.52. The molecule has 0 amide bonds.